The summed E-state index contributed by atoms with van der Waals surface area (Å²) in [6.07, 6.45) is 2.67. The molecule has 27 heavy (non-hydrogen) atoms. The molecule has 0 spiro atoms. The number of ether oxygens (including phenoxy) is 1. The highest BCUT2D eigenvalue weighted by Crippen LogP contribution is 2.39. The Hall–Kier alpha value is -2.72. The van der Waals surface area contributed by atoms with Crippen LogP contribution in [0.5, 0.6) is 5.75 Å². The molecule has 1 aliphatic heterocycles. The van der Waals surface area contributed by atoms with E-state index >= 15 is 0 Å². The molecule has 3 aromatic rings. The molecule has 4 nitrogen and oxygen atoms in total. The maximum Gasteiger partial charge on any atom is 0.197 e. The highest BCUT2D eigenvalue weighted by atomic mass is 16.5. The van der Waals surface area contributed by atoms with Crippen LogP contribution in [0.3, 0.4) is 0 Å². The number of hydrogen-bond acceptors (Lipinski definition) is 4. The summed E-state index contributed by atoms with van der Waals surface area (Å²) in [5, 5.41) is 4.51. The molecule has 1 aliphatic rings. The number of nitrogens with one attached hydrogen (secondary N) is 1. The predicted molar refractivity (Wildman–Crippen MR) is 107 cm³/mol. The van der Waals surface area contributed by atoms with Crippen molar-refractivity contribution in [1.29, 1.82) is 0 Å². The van der Waals surface area contributed by atoms with Gasteiger partial charge in [0.25, 0.3) is 0 Å². The normalized spacial score (nSPS) is 18.2. The highest BCUT2D eigenvalue weighted by Gasteiger charge is 2.42. The molecule has 4 rings (SSSR count). The summed E-state index contributed by atoms with van der Waals surface area (Å²) in [6, 6.07) is 15.9. The van der Waals surface area contributed by atoms with Gasteiger partial charge in [-0.15, -0.1) is 0 Å². The fraction of sp³-hybridized carbons (Fsp3) is 0.304. The zero-order valence-corrected chi connectivity index (χ0v) is 16.0. The number of fused-ring (bicyclic) bond motifs is 2. The Morgan fingerprint density at radius 3 is 2.70 bits per heavy atom. The Balaban J connectivity index is 1.67. The van der Waals surface area contributed by atoms with E-state index in [9.17, 15) is 4.79 Å². The fourth-order valence-electron chi connectivity index (χ4n) is 3.66. The van der Waals surface area contributed by atoms with Crippen molar-refractivity contribution in [2.24, 2.45) is 0 Å². The zero-order valence-electron chi connectivity index (χ0n) is 16.0. The second kappa shape index (κ2) is 6.78. The summed E-state index contributed by atoms with van der Waals surface area (Å²) >= 11 is 0. The average Bonchev–Trinajstić information content (AvgIpc) is 2.65. The number of rotatable bonds is 4. The standard InChI is InChI=1S/C23H24N2O2/c1-15-9-11-24-19-13-18-20(14-17(15)19)27-23(2,3)22(26)21(18)25-12-10-16-7-5-4-6-8-16/h4-9,11,13-14,21,25H,10,12H2,1-3H3. The number of carbonyl (C=O) groups excluding carboxylic acids is 1. The first kappa shape index (κ1) is 17.7. The SMILES string of the molecule is Cc1ccnc2cc3c(cc12)OC(C)(C)C(=O)C3NCCc1ccccc1. The second-order valence-corrected chi connectivity index (χ2v) is 7.63. The lowest BCUT2D eigenvalue weighted by Gasteiger charge is -2.36. The van der Waals surface area contributed by atoms with Crippen LogP contribution in [0.1, 0.15) is 36.6 Å². The monoisotopic (exact) mass is 360 g/mol. The molecule has 0 amide bonds. The number of Topliss-reactive ketones (excluding diaryl/α,β-unsaturated/α-hetero) is 1. The molecule has 4 heteroatoms. The summed E-state index contributed by atoms with van der Waals surface area (Å²) in [4.78, 5) is 17.5. The molecule has 1 unspecified atom stereocenters. The first-order chi connectivity index (χ1) is 13.0. The van der Waals surface area contributed by atoms with Gasteiger partial charge in [0.05, 0.1) is 11.6 Å². The molecule has 0 fully saturated rings. The van der Waals surface area contributed by atoms with E-state index in [1.807, 2.05) is 50.2 Å². The number of pyridine rings is 1. The highest BCUT2D eigenvalue weighted by molar-refractivity contribution is 5.96. The van der Waals surface area contributed by atoms with E-state index in [2.05, 4.69) is 29.4 Å². The largest absolute Gasteiger partial charge is 0.480 e. The van der Waals surface area contributed by atoms with Gasteiger partial charge >= 0.3 is 0 Å². The van der Waals surface area contributed by atoms with Crippen LogP contribution in [-0.4, -0.2) is 22.9 Å². The quantitative estimate of drug-likeness (QED) is 0.759. The Kier molecular flexibility index (Phi) is 4.44. The van der Waals surface area contributed by atoms with Crippen molar-refractivity contribution in [3.63, 3.8) is 0 Å². The second-order valence-electron chi connectivity index (χ2n) is 7.63. The Bertz CT molecular complexity index is 996. The number of benzene rings is 2. The molecular weight excluding hydrogens is 336 g/mol. The predicted octanol–water partition coefficient (Wildman–Crippen LogP) is 4.16. The molecular formula is C23H24N2O2. The summed E-state index contributed by atoms with van der Waals surface area (Å²) in [6.45, 7) is 6.45. The van der Waals surface area contributed by atoms with Gasteiger partial charge in [0.1, 0.15) is 5.75 Å². The third-order valence-electron chi connectivity index (χ3n) is 5.23. The number of hydrogen-bond donors (Lipinski definition) is 1. The fourth-order valence-corrected chi connectivity index (χ4v) is 3.66. The molecule has 1 N–H and O–H groups in total. The lowest BCUT2D eigenvalue weighted by atomic mass is 9.87. The van der Waals surface area contributed by atoms with Crippen LogP contribution < -0.4 is 10.1 Å². The number of aryl methyl sites for hydroxylation is 1. The van der Waals surface area contributed by atoms with Crippen molar-refractivity contribution >= 4 is 16.7 Å². The van der Waals surface area contributed by atoms with Crippen LogP contribution in [0.25, 0.3) is 10.9 Å². The van der Waals surface area contributed by atoms with E-state index in [1.165, 1.54) is 5.56 Å². The van der Waals surface area contributed by atoms with Crippen molar-refractivity contribution in [2.45, 2.75) is 38.8 Å². The third-order valence-corrected chi connectivity index (χ3v) is 5.23. The Morgan fingerprint density at radius 2 is 1.93 bits per heavy atom. The molecule has 1 aromatic heterocycles. The van der Waals surface area contributed by atoms with Gasteiger partial charge in [0.15, 0.2) is 11.4 Å². The third kappa shape index (κ3) is 3.33. The maximum atomic E-state index is 13.0. The topological polar surface area (TPSA) is 51.2 Å². The number of aromatic nitrogens is 1. The van der Waals surface area contributed by atoms with Crippen LogP contribution in [0.4, 0.5) is 0 Å². The number of carbonyl (C=O) groups is 1. The molecule has 0 bridgehead atoms. The van der Waals surface area contributed by atoms with Crippen LogP contribution >= 0.6 is 0 Å². The summed E-state index contributed by atoms with van der Waals surface area (Å²) in [5.41, 5.74) is 3.30. The minimum Gasteiger partial charge on any atom is -0.480 e. The molecule has 0 saturated carbocycles. The van der Waals surface area contributed by atoms with Crippen molar-refractivity contribution in [3.8, 4) is 5.75 Å². The van der Waals surface area contributed by atoms with E-state index < -0.39 is 5.60 Å². The maximum absolute atomic E-state index is 13.0. The van der Waals surface area contributed by atoms with E-state index in [-0.39, 0.29) is 11.8 Å². The van der Waals surface area contributed by atoms with Crippen molar-refractivity contribution in [2.75, 3.05) is 6.54 Å². The lowest BCUT2D eigenvalue weighted by Crippen LogP contribution is -2.49. The van der Waals surface area contributed by atoms with E-state index in [4.69, 9.17) is 4.74 Å². The van der Waals surface area contributed by atoms with Crippen LogP contribution in [-0.2, 0) is 11.2 Å². The minimum atomic E-state index is -0.860. The first-order valence-electron chi connectivity index (χ1n) is 9.35. The molecule has 1 atom stereocenters. The van der Waals surface area contributed by atoms with Gasteiger partial charge in [-0.05, 0) is 56.5 Å². The average molecular weight is 360 g/mol. The van der Waals surface area contributed by atoms with Crippen molar-refractivity contribution < 1.29 is 9.53 Å². The van der Waals surface area contributed by atoms with Gasteiger partial charge in [0.2, 0.25) is 0 Å². The Labute approximate surface area is 159 Å². The smallest absolute Gasteiger partial charge is 0.197 e. The summed E-state index contributed by atoms with van der Waals surface area (Å²) in [5.74, 6) is 0.815. The van der Waals surface area contributed by atoms with Crippen LogP contribution in [0.15, 0.2) is 54.7 Å². The van der Waals surface area contributed by atoms with Crippen molar-refractivity contribution in [3.05, 3.63) is 71.4 Å². The molecule has 2 heterocycles. The van der Waals surface area contributed by atoms with Crippen LogP contribution in [0, 0.1) is 6.92 Å². The summed E-state index contributed by atoms with van der Waals surface area (Å²) in [7, 11) is 0. The molecule has 138 valence electrons. The Morgan fingerprint density at radius 1 is 1.15 bits per heavy atom. The van der Waals surface area contributed by atoms with E-state index in [0.29, 0.717) is 0 Å². The van der Waals surface area contributed by atoms with Crippen LogP contribution in [0.2, 0.25) is 0 Å². The molecule has 0 aliphatic carbocycles. The minimum absolute atomic E-state index is 0.0510. The van der Waals surface area contributed by atoms with E-state index in [1.54, 1.807) is 6.20 Å². The van der Waals surface area contributed by atoms with Gasteiger partial charge in [-0.1, -0.05) is 30.3 Å². The number of ketones is 1. The first-order valence-corrected chi connectivity index (χ1v) is 9.35. The summed E-state index contributed by atoms with van der Waals surface area (Å²) < 4.78 is 6.07. The van der Waals surface area contributed by atoms with Crippen molar-refractivity contribution in [1.82, 2.24) is 10.3 Å². The van der Waals surface area contributed by atoms with Gasteiger partial charge in [0, 0.05) is 23.7 Å². The van der Waals surface area contributed by atoms with Gasteiger partial charge in [-0.25, -0.2) is 0 Å². The van der Waals surface area contributed by atoms with E-state index in [0.717, 1.165) is 40.7 Å². The molecule has 2 aromatic carbocycles. The lowest BCUT2D eigenvalue weighted by molar-refractivity contribution is -0.136. The molecule has 0 saturated heterocycles. The van der Waals surface area contributed by atoms with Gasteiger partial charge in [-0.3, -0.25) is 9.78 Å². The number of nitrogens with zero attached hydrogens (tertiary/aromatic N) is 1. The zero-order chi connectivity index (χ0) is 19.0. The van der Waals surface area contributed by atoms with Gasteiger partial charge in [-0.2, -0.15) is 0 Å². The van der Waals surface area contributed by atoms with Gasteiger partial charge < -0.3 is 10.1 Å². The molecule has 0 radical (unpaired) electrons.